The number of thiophene rings is 1. The lowest BCUT2D eigenvalue weighted by molar-refractivity contribution is -0.197. The minimum Gasteiger partial charge on any atom is -0.478 e. The zero-order chi connectivity index (χ0) is 23.2. The first-order chi connectivity index (χ1) is 14.7. The predicted molar refractivity (Wildman–Crippen MR) is 113 cm³/mol. The van der Waals surface area contributed by atoms with Crippen LogP contribution in [0.1, 0.15) is 87.1 Å². The summed E-state index contributed by atoms with van der Waals surface area (Å²) < 4.78 is 16.8. The molecule has 0 fully saturated rings. The molecule has 1 aromatic heterocycles. The number of carbonyl (C=O) groups excluding carboxylic acids is 3. The van der Waals surface area contributed by atoms with Crippen LogP contribution in [0.5, 0.6) is 0 Å². The Hall–Kier alpha value is -2.42. The molecule has 1 aliphatic rings. The van der Waals surface area contributed by atoms with Crippen molar-refractivity contribution in [3.63, 3.8) is 0 Å². The maximum Gasteiger partial charge on any atom is 0.353 e. The van der Waals surface area contributed by atoms with Crippen molar-refractivity contribution in [3.05, 3.63) is 21.4 Å². The quantitative estimate of drug-likeness (QED) is 0.413. The molecule has 0 saturated carbocycles. The van der Waals surface area contributed by atoms with Gasteiger partial charge in [0.05, 0.1) is 4.88 Å². The first-order valence-electron chi connectivity index (χ1n) is 10.6. The monoisotopic (exact) mass is 454 g/mol. The van der Waals surface area contributed by atoms with Gasteiger partial charge in [0.15, 0.2) is 6.10 Å². The number of rotatable bonds is 10. The van der Waals surface area contributed by atoms with E-state index >= 15 is 0 Å². The summed E-state index contributed by atoms with van der Waals surface area (Å²) in [6, 6.07) is 1.64. The Kier molecular flexibility index (Phi) is 8.61. The third-order valence-corrected chi connectivity index (χ3v) is 6.05. The minimum absolute atomic E-state index is 0.0582. The van der Waals surface area contributed by atoms with Gasteiger partial charge in [-0.05, 0) is 32.3 Å². The van der Waals surface area contributed by atoms with Gasteiger partial charge in [0.25, 0.3) is 0 Å². The first-order valence-corrected chi connectivity index (χ1v) is 11.4. The fourth-order valence-corrected chi connectivity index (χ4v) is 4.76. The zero-order valence-corrected chi connectivity index (χ0v) is 19.2. The molecule has 172 valence electrons. The molecule has 0 radical (unpaired) electrons. The number of ether oxygens (including phenoxy) is 3. The van der Waals surface area contributed by atoms with Crippen molar-refractivity contribution in [3.8, 4) is 0 Å². The number of aryl methyl sites for hydroxylation is 1. The molecular weight excluding hydrogens is 424 g/mol. The number of carbonyl (C=O) groups is 4. The normalized spacial score (nSPS) is 22.3. The van der Waals surface area contributed by atoms with Crippen molar-refractivity contribution in [1.29, 1.82) is 0 Å². The van der Waals surface area contributed by atoms with Gasteiger partial charge in [-0.1, -0.05) is 20.8 Å². The van der Waals surface area contributed by atoms with E-state index in [0.717, 1.165) is 4.88 Å². The molecule has 0 bridgehead atoms. The lowest BCUT2D eigenvalue weighted by Crippen LogP contribution is -2.49. The predicted octanol–water partition coefficient (Wildman–Crippen LogP) is 4.18. The van der Waals surface area contributed by atoms with Crippen LogP contribution in [0, 0.1) is 6.92 Å². The summed E-state index contributed by atoms with van der Waals surface area (Å²) in [6.45, 7) is 7.22. The average Bonchev–Trinajstić information content (AvgIpc) is 3.07. The van der Waals surface area contributed by atoms with Crippen LogP contribution < -0.4 is 0 Å². The number of aliphatic carboxylic acids is 1. The van der Waals surface area contributed by atoms with E-state index in [2.05, 4.69) is 0 Å². The van der Waals surface area contributed by atoms with Crippen LogP contribution in [0.25, 0.3) is 0 Å². The summed E-state index contributed by atoms with van der Waals surface area (Å²) in [6.07, 6.45) is -0.374. The molecule has 0 aromatic carbocycles. The molecule has 8 nitrogen and oxygen atoms in total. The topological polar surface area (TPSA) is 116 Å². The number of hydrogen-bond acceptors (Lipinski definition) is 8. The molecular formula is C22H30O8S. The van der Waals surface area contributed by atoms with Crippen molar-refractivity contribution >= 4 is 35.2 Å². The second-order valence-corrected chi connectivity index (χ2v) is 8.92. The molecule has 0 spiro atoms. The molecule has 0 aliphatic heterocycles. The van der Waals surface area contributed by atoms with Gasteiger partial charge in [0.2, 0.25) is 5.60 Å². The summed E-state index contributed by atoms with van der Waals surface area (Å²) in [4.78, 5) is 50.5. The lowest BCUT2D eigenvalue weighted by atomic mass is 9.79. The van der Waals surface area contributed by atoms with E-state index in [-0.39, 0.29) is 31.2 Å². The highest BCUT2D eigenvalue weighted by Crippen LogP contribution is 2.49. The van der Waals surface area contributed by atoms with E-state index in [0.29, 0.717) is 24.1 Å². The number of carboxylic acid groups (broad SMARTS) is 1. The van der Waals surface area contributed by atoms with Gasteiger partial charge >= 0.3 is 23.9 Å². The van der Waals surface area contributed by atoms with Crippen LogP contribution in [-0.2, 0) is 39.0 Å². The Morgan fingerprint density at radius 1 is 1.00 bits per heavy atom. The molecule has 0 unspecified atom stereocenters. The number of carboxylic acids is 1. The van der Waals surface area contributed by atoms with Gasteiger partial charge in [-0.15, -0.1) is 11.3 Å². The molecule has 3 atom stereocenters. The molecule has 9 heteroatoms. The fourth-order valence-electron chi connectivity index (χ4n) is 3.59. The van der Waals surface area contributed by atoms with Crippen molar-refractivity contribution in [2.75, 3.05) is 0 Å². The number of fused-ring (bicyclic) bond motifs is 1. The van der Waals surface area contributed by atoms with Crippen LogP contribution in [0.4, 0.5) is 0 Å². The Bertz CT molecular complexity index is 829. The van der Waals surface area contributed by atoms with Gasteiger partial charge in [0.1, 0.15) is 6.10 Å². The van der Waals surface area contributed by atoms with Gasteiger partial charge in [-0.25, -0.2) is 4.79 Å². The Labute approximate surface area is 185 Å². The molecule has 1 aliphatic carbocycles. The van der Waals surface area contributed by atoms with Crippen molar-refractivity contribution in [2.24, 2.45) is 0 Å². The highest BCUT2D eigenvalue weighted by Gasteiger charge is 2.56. The molecule has 0 saturated heterocycles. The number of hydrogen-bond donors (Lipinski definition) is 1. The van der Waals surface area contributed by atoms with Crippen LogP contribution >= 0.6 is 11.3 Å². The van der Waals surface area contributed by atoms with E-state index in [4.69, 9.17) is 14.2 Å². The molecule has 1 heterocycles. The summed E-state index contributed by atoms with van der Waals surface area (Å²) in [5, 5.41) is 10.1. The van der Waals surface area contributed by atoms with Crippen molar-refractivity contribution in [1.82, 2.24) is 0 Å². The first kappa shape index (κ1) is 24.8. The highest BCUT2D eigenvalue weighted by molar-refractivity contribution is 7.12. The van der Waals surface area contributed by atoms with E-state index in [1.165, 1.54) is 11.3 Å². The summed E-state index contributed by atoms with van der Waals surface area (Å²) in [5.74, 6) is -3.00. The zero-order valence-electron chi connectivity index (χ0n) is 18.4. The third-order valence-electron chi connectivity index (χ3n) is 4.94. The van der Waals surface area contributed by atoms with Crippen LogP contribution in [0.15, 0.2) is 6.07 Å². The van der Waals surface area contributed by atoms with E-state index in [1.807, 2.05) is 13.8 Å². The maximum absolute atomic E-state index is 12.5. The van der Waals surface area contributed by atoms with E-state index in [1.54, 1.807) is 19.9 Å². The van der Waals surface area contributed by atoms with Crippen molar-refractivity contribution in [2.45, 2.75) is 90.4 Å². The SMILES string of the molecule is CCCC(=O)O[C@@H]1c2sc(C)cc2[C@@](OC(=O)CCC)(C(=O)O)C[C@H]1OC(=O)CCC. The average molecular weight is 455 g/mol. The standard InChI is InChI=1S/C22H30O8S/c1-5-8-16(23)28-15-12-22(21(26)27,30-18(25)10-7-3)14-11-13(4)31-20(14)19(15)29-17(24)9-6-2/h11,15,19H,5-10,12H2,1-4H3,(H,26,27)/t15-,19+,22-/m1/s1. The summed E-state index contributed by atoms with van der Waals surface area (Å²) in [7, 11) is 0. The van der Waals surface area contributed by atoms with Gasteiger partial charge < -0.3 is 19.3 Å². The Balaban J connectivity index is 2.57. The molecule has 1 aromatic rings. The van der Waals surface area contributed by atoms with Crippen LogP contribution in [0.2, 0.25) is 0 Å². The second-order valence-electron chi connectivity index (χ2n) is 7.63. The fraction of sp³-hybridized carbons (Fsp3) is 0.636. The van der Waals surface area contributed by atoms with E-state index < -0.39 is 41.7 Å². The van der Waals surface area contributed by atoms with Crippen LogP contribution in [0.3, 0.4) is 0 Å². The Morgan fingerprint density at radius 2 is 1.55 bits per heavy atom. The molecule has 2 rings (SSSR count). The Morgan fingerprint density at radius 3 is 2.10 bits per heavy atom. The number of esters is 3. The maximum atomic E-state index is 12.5. The molecule has 0 amide bonds. The lowest BCUT2D eigenvalue weighted by Gasteiger charge is -2.40. The van der Waals surface area contributed by atoms with Crippen LogP contribution in [-0.4, -0.2) is 35.1 Å². The van der Waals surface area contributed by atoms with E-state index in [9.17, 15) is 24.3 Å². The van der Waals surface area contributed by atoms with Gasteiger partial charge in [-0.2, -0.15) is 0 Å². The summed E-state index contributed by atoms with van der Waals surface area (Å²) in [5.41, 5.74) is -1.75. The largest absolute Gasteiger partial charge is 0.478 e. The van der Waals surface area contributed by atoms with Gasteiger partial charge in [0, 0.05) is 36.1 Å². The molecule has 31 heavy (non-hydrogen) atoms. The second kappa shape index (κ2) is 10.7. The third kappa shape index (κ3) is 5.64. The van der Waals surface area contributed by atoms with Gasteiger partial charge in [-0.3, -0.25) is 14.4 Å². The van der Waals surface area contributed by atoms with Crippen molar-refractivity contribution < 1.29 is 38.5 Å². The minimum atomic E-state index is -2.02. The highest BCUT2D eigenvalue weighted by atomic mass is 32.1. The molecule has 1 N–H and O–H groups in total. The summed E-state index contributed by atoms with van der Waals surface area (Å²) >= 11 is 1.24. The smallest absolute Gasteiger partial charge is 0.353 e.